The maximum Gasteiger partial charge on any atom is 0.347 e. The number of carbonyl (C=O) groups excluding carboxylic acids is 3. The molecule has 91 heavy (non-hydrogen) atoms. The topological polar surface area (TPSA) is 287 Å². The molecule has 0 spiro atoms. The van der Waals surface area contributed by atoms with Crippen molar-refractivity contribution in [1.82, 2.24) is 38.9 Å². The van der Waals surface area contributed by atoms with Crippen LogP contribution in [-0.4, -0.2) is 110 Å². The van der Waals surface area contributed by atoms with E-state index in [2.05, 4.69) is 19.8 Å². The third kappa shape index (κ3) is 13.2. The third-order valence-corrected chi connectivity index (χ3v) is 17.4. The summed E-state index contributed by atoms with van der Waals surface area (Å²) in [6.07, 6.45) is 21.7. The monoisotopic (exact) mass is 1240 g/mol. The molecule has 0 radical (unpaired) electrons. The number of imidazole rings is 2. The molecule has 2 atom stereocenters. The van der Waals surface area contributed by atoms with Crippen LogP contribution in [-0.2, 0) is 50.9 Å². The maximum atomic E-state index is 13.6. The summed E-state index contributed by atoms with van der Waals surface area (Å²) in [6.45, 7) is 5.86. The van der Waals surface area contributed by atoms with Gasteiger partial charge in [-0.05, 0) is 149 Å². The Morgan fingerprint density at radius 1 is 0.560 bits per heavy atom. The van der Waals surface area contributed by atoms with Gasteiger partial charge in [-0.1, -0.05) is 38.5 Å². The Labute approximate surface area is 523 Å². The van der Waals surface area contributed by atoms with Gasteiger partial charge < -0.3 is 67.3 Å². The van der Waals surface area contributed by atoms with E-state index in [0.29, 0.717) is 56.7 Å². The Bertz CT molecular complexity index is 4360. The van der Waals surface area contributed by atoms with Crippen molar-refractivity contribution in [2.24, 2.45) is 14.1 Å². The average Bonchev–Trinajstić information content (AvgIpc) is 1.69. The number of nitrogens with one attached hydrogen (secondary N) is 2. The molecule has 22 nitrogen and oxygen atoms in total. The Morgan fingerprint density at radius 2 is 0.967 bits per heavy atom. The number of furan rings is 2. The molecule has 2 aliphatic rings. The molecule has 6 heterocycles. The molecule has 2 saturated carbocycles. The van der Waals surface area contributed by atoms with Crippen molar-refractivity contribution in [2.45, 2.75) is 140 Å². The molecule has 2 amide bonds. The molecule has 474 valence electrons. The first-order valence-electron chi connectivity index (χ1n) is 30.6. The van der Waals surface area contributed by atoms with Crippen molar-refractivity contribution in [1.29, 1.82) is 0 Å². The maximum absolute atomic E-state index is 13.6. The Balaban J connectivity index is 0.000000187. The van der Waals surface area contributed by atoms with Crippen LogP contribution in [0.5, 0.6) is 11.5 Å². The molecular formula is C69H74N8O14. The van der Waals surface area contributed by atoms with E-state index in [1.165, 1.54) is 47.6 Å². The van der Waals surface area contributed by atoms with Crippen LogP contribution in [0.4, 0.5) is 0 Å². The summed E-state index contributed by atoms with van der Waals surface area (Å²) in [6, 6.07) is 23.4. The molecule has 0 unspecified atom stereocenters. The lowest BCUT2D eigenvalue weighted by atomic mass is 9.95. The fourth-order valence-corrected chi connectivity index (χ4v) is 12.6. The number of aromatic nitrogens is 6. The van der Waals surface area contributed by atoms with Gasteiger partial charge in [-0.25, -0.2) is 29.1 Å². The molecule has 0 saturated heterocycles. The van der Waals surface area contributed by atoms with Gasteiger partial charge in [0.05, 0.1) is 52.8 Å². The largest absolute Gasteiger partial charge is 0.480 e. The number of methoxy groups -OCH3 is 1. The first kappa shape index (κ1) is 62.5. The molecule has 0 aliphatic heterocycles. The number of ether oxygens (including phenoxy) is 3. The van der Waals surface area contributed by atoms with Gasteiger partial charge in [0.15, 0.2) is 11.2 Å². The molecule has 2 fully saturated rings. The van der Waals surface area contributed by atoms with Gasteiger partial charge in [0.1, 0.15) is 47.8 Å². The summed E-state index contributed by atoms with van der Waals surface area (Å²) >= 11 is 0. The predicted molar refractivity (Wildman–Crippen MR) is 339 cm³/mol. The number of hydrogen-bond acceptors (Lipinski definition) is 13. The zero-order valence-electron chi connectivity index (χ0n) is 51.9. The molecule has 22 heteroatoms. The van der Waals surface area contributed by atoms with E-state index in [4.69, 9.17) is 33.0 Å². The van der Waals surface area contributed by atoms with Crippen LogP contribution in [0.2, 0.25) is 0 Å². The van der Waals surface area contributed by atoms with E-state index in [1.54, 1.807) is 85.8 Å². The first-order chi connectivity index (χ1) is 43.6. The highest BCUT2D eigenvalue weighted by molar-refractivity contribution is 6.01. The Kier molecular flexibility index (Phi) is 17.7. The highest BCUT2D eigenvalue weighted by Gasteiger charge is 2.33. The lowest BCUT2D eigenvalue weighted by Gasteiger charge is -2.25. The van der Waals surface area contributed by atoms with Crippen LogP contribution in [0.3, 0.4) is 0 Å². The summed E-state index contributed by atoms with van der Waals surface area (Å²) in [7, 11) is 4.99. The highest BCUT2D eigenvalue weighted by atomic mass is 16.5. The zero-order chi connectivity index (χ0) is 64.5. The van der Waals surface area contributed by atoms with Gasteiger partial charge in [-0.2, -0.15) is 0 Å². The summed E-state index contributed by atoms with van der Waals surface area (Å²) in [5.74, 6) is -2.60. The molecule has 5 N–H and O–H groups in total. The number of carboxylic acid groups (broad SMARTS) is 3. The zero-order valence-corrected chi connectivity index (χ0v) is 51.9. The average molecular weight is 1240 g/mol. The first-order valence-corrected chi connectivity index (χ1v) is 30.6. The van der Waals surface area contributed by atoms with Crippen molar-refractivity contribution in [3.05, 3.63) is 145 Å². The van der Waals surface area contributed by atoms with E-state index in [1.807, 2.05) is 59.8 Å². The summed E-state index contributed by atoms with van der Waals surface area (Å²) in [4.78, 5) is 85.4. The number of nitrogens with zero attached hydrogens (tertiary/aromatic N) is 6. The summed E-state index contributed by atoms with van der Waals surface area (Å²) in [5.41, 5.74) is 5.87. The number of aryl methyl sites for hydroxylation is 2. The number of carbonyl (C=O) groups is 6. The van der Waals surface area contributed by atoms with Crippen LogP contribution >= 0.6 is 0 Å². The Hall–Kier alpha value is -10.1. The van der Waals surface area contributed by atoms with E-state index < -0.39 is 59.0 Å². The normalized spacial score (nSPS) is 14.8. The number of amides is 2. The van der Waals surface area contributed by atoms with Crippen LogP contribution < -0.4 is 20.1 Å². The minimum atomic E-state index is -1.45. The van der Waals surface area contributed by atoms with Crippen molar-refractivity contribution in [2.75, 3.05) is 7.11 Å². The van der Waals surface area contributed by atoms with Crippen molar-refractivity contribution < 1.29 is 67.1 Å². The molecule has 10 aromatic rings. The van der Waals surface area contributed by atoms with Gasteiger partial charge in [0, 0.05) is 84.3 Å². The smallest absolute Gasteiger partial charge is 0.347 e. The number of esters is 1. The van der Waals surface area contributed by atoms with Crippen LogP contribution in [0.25, 0.3) is 66.6 Å². The van der Waals surface area contributed by atoms with Crippen molar-refractivity contribution >= 4 is 79.6 Å². The SMILES string of the molecule is COC(=O)[C@H](Cc1cn(C)c2ccc(OC(C)(C)C(=O)O)cc12)NC(=O)c1ccc2c(c1)nc(-c1ccoc1)n2C1CCCCC1.Cn1cc(C[C@H](NC(=O)c2ccc3c(c2)nc(-c2ccoc2)n3C2CCCCC2)C(=O)O)c2cc(OC(C)(C)C(=O)O)ccc21. The van der Waals surface area contributed by atoms with E-state index >= 15 is 0 Å². The standard InChI is InChI=1S/C35H38N4O7.C34H36N4O7/c1-35(2,34(42)43)46-25-11-13-29-26(18-25)23(19-38(29)3)17-28(33(41)44-4)37-32(40)21-10-12-30-27(16-21)36-31(22-14-15-45-20-22)39(30)24-8-6-5-7-9-24;1-34(2,33(42)43)45-24-10-12-28-25(17-24)22(18-37(28)3)16-27(32(40)41)36-31(39)20-9-11-29-26(15-20)35-30(21-13-14-44-19-21)38(29)23-7-5-4-6-8-23/h10-16,18-20,24,28H,5-9,17H2,1-4H3,(H,37,40)(H,42,43);9-15,17-19,23,27H,4-8,16H2,1-3H3,(H,36,39)(H,40,41)(H,42,43)/t28-;27-/m00/s1. The molecule has 6 aromatic heterocycles. The van der Waals surface area contributed by atoms with E-state index in [0.717, 1.165) is 107 Å². The lowest BCUT2D eigenvalue weighted by molar-refractivity contribution is -0.152. The molecule has 12 rings (SSSR count). The fourth-order valence-electron chi connectivity index (χ4n) is 12.6. The van der Waals surface area contributed by atoms with Gasteiger partial charge in [-0.3, -0.25) is 9.59 Å². The number of hydrogen-bond donors (Lipinski definition) is 5. The van der Waals surface area contributed by atoms with Crippen LogP contribution in [0.1, 0.15) is 136 Å². The second-order valence-corrected chi connectivity index (χ2v) is 24.7. The number of carboxylic acids is 3. The Morgan fingerprint density at radius 3 is 1.35 bits per heavy atom. The van der Waals surface area contributed by atoms with E-state index in [9.17, 15) is 44.1 Å². The van der Waals surface area contributed by atoms with Crippen LogP contribution in [0.15, 0.2) is 131 Å². The number of fused-ring (bicyclic) bond motifs is 4. The highest BCUT2D eigenvalue weighted by Crippen LogP contribution is 2.39. The van der Waals surface area contributed by atoms with Gasteiger partial charge in [0.2, 0.25) is 0 Å². The number of aliphatic carboxylic acids is 3. The number of benzene rings is 4. The predicted octanol–water partition coefficient (Wildman–Crippen LogP) is 12.0. The van der Waals surface area contributed by atoms with Crippen molar-refractivity contribution in [3.8, 4) is 34.3 Å². The van der Waals surface area contributed by atoms with Gasteiger partial charge >= 0.3 is 23.9 Å². The molecular weight excluding hydrogens is 1160 g/mol. The van der Waals surface area contributed by atoms with Crippen molar-refractivity contribution in [3.63, 3.8) is 0 Å². The molecule has 0 bridgehead atoms. The minimum absolute atomic E-state index is 0.00732. The number of rotatable bonds is 20. The minimum Gasteiger partial charge on any atom is -0.480 e. The van der Waals surface area contributed by atoms with Crippen LogP contribution in [0, 0.1) is 0 Å². The second-order valence-electron chi connectivity index (χ2n) is 24.7. The van der Waals surface area contributed by atoms with Gasteiger partial charge in [-0.15, -0.1) is 0 Å². The molecule has 4 aromatic carbocycles. The summed E-state index contributed by atoms with van der Waals surface area (Å²) < 4.78 is 35.5. The molecule has 2 aliphatic carbocycles. The lowest BCUT2D eigenvalue weighted by Crippen LogP contribution is -2.43. The second kappa shape index (κ2) is 25.8. The van der Waals surface area contributed by atoms with E-state index in [-0.39, 0.29) is 12.8 Å². The van der Waals surface area contributed by atoms with Gasteiger partial charge in [0.25, 0.3) is 11.8 Å². The fraction of sp³-hybridized carbons (Fsp3) is 0.362. The quantitative estimate of drug-likeness (QED) is 0.0443. The summed E-state index contributed by atoms with van der Waals surface area (Å²) in [5, 5.41) is 36.1. The third-order valence-electron chi connectivity index (χ3n) is 17.4.